The normalized spacial score (nSPS) is 16.1. The van der Waals surface area contributed by atoms with Crippen molar-refractivity contribution in [3.05, 3.63) is 23.8 Å². The van der Waals surface area contributed by atoms with Crippen molar-refractivity contribution >= 4 is 5.78 Å². The lowest BCUT2D eigenvalue weighted by Gasteiger charge is -2.20. The highest BCUT2D eigenvalue weighted by Gasteiger charge is 2.21. The molecule has 0 atom stereocenters. The third-order valence-corrected chi connectivity index (χ3v) is 3.75. The monoisotopic (exact) mass is 262 g/mol. The summed E-state index contributed by atoms with van der Waals surface area (Å²) in [6.45, 7) is 2.16. The first-order chi connectivity index (χ1) is 9.20. The summed E-state index contributed by atoms with van der Waals surface area (Å²) < 4.78 is 10.9. The maximum atomic E-state index is 12.1. The number of methoxy groups -OCH3 is 1. The van der Waals surface area contributed by atoms with E-state index in [0.29, 0.717) is 11.5 Å². The number of aryl methyl sites for hydroxylation is 1. The van der Waals surface area contributed by atoms with Crippen molar-refractivity contribution in [2.45, 2.75) is 39.0 Å². The van der Waals surface area contributed by atoms with Crippen molar-refractivity contribution in [3.8, 4) is 11.5 Å². The molecule has 0 saturated heterocycles. The lowest BCUT2D eigenvalue weighted by atomic mass is 9.86. The number of hydrogen-bond donors (Lipinski definition) is 0. The minimum Gasteiger partial charge on any atom is -0.493 e. The van der Waals surface area contributed by atoms with Crippen molar-refractivity contribution in [1.82, 2.24) is 0 Å². The Morgan fingerprint density at radius 1 is 1.21 bits per heavy atom. The van der Waals surface area contributed by atoms with Crippen LogP contribution in [0.1, 0.15) is 37.7 Å². The number of Topliss-reactive ketones (excluding diaryl/α,β-unsaturated/α-hetero) is 1. The molecule has 0 N–H and O–H groups in total. The standard InChI is InChI=1S/C16H22O3/c1-12-8-9-15(16(10-12)18-2)19-11-14(17)13-6-4-3-5-7-13/h8-10,13H,3-7,11H2,1-2H3. The summed E-state index contributed by atoms with van der Waals surface area (Å²) in [5.41, 5.74) is 1.11. The second-order valence-corrected chi connectivity index (χ2v) is 5.24. The Morgan fingerprint density at radius 3 is 2.63 bits per heavy atom. The quantitative estimate of drug-likeness (QED) is 0.814. The fraction of sp³-hybridized carbons (Fsp3) is 0.562. The summed E-state index contributed by atoms with van der Waals surface area (Å²) in [6, 6.07) is 5.74. The molecule has 104 valence electrons. The second-order valence-electron chi connectivity index (χ2n) is 5.24. The molecule has 3 heteroatoms. The summed E-state index contributed by atoms with van der Waals surface area (Å²) in [4.78, 5) is 12.1. The Bertz CT molecular complexity index is 434. The molecule has 1 aromatic carbocycles. The van der Waals surface area contributed by atoms with Crippen molar-refractivity contribution in [3.63, 3.8) is 0 Å². The van der Waals surface area contributed by atoms with Crippen LogP contribution in [0.5, 0.6) is 11.5 Å². The molecule has 2 rings (SSSR count). The van der Waals surface area contributed by atoms with Crippen LogP contribution in [0.25, 0.3) is 0 Å². The molecule has 0 bridgehead atoms. The van der Waals surface area contributed by atoms with E-state index in [-0.39, 0.29) is 18.3 Å². The van der Waals surface area contributed by atoms with Gasteiger partial charge < -0.3 is 9.47 Å². The summed E-state index contributed by atoms with van der Waals surface area (Å²) in [7, 11) is 1.62. The third kappa shape index (κ3) is 3.72. The lowest BCUT2D eigenvalue weighted by Crippen LogP contribution is -2.23. The molecule has 3 nitrogen and oxygen atoms in total. The van der Waals surface area contributed by atoms with Gasteiger partial charge in [-0.2, -0.15) is 0 Å². The Morgan fingerprint density at radius 2 is 1.95 bits per heavy atom. The number of rotatable bonds is 5. The van der Waals surface area contributed by atoms with Crippen LogP contribution in [0.3, 0.4) is 0 Å². The smallest absolute Gasteiger partial charge is 0.173 e. The van der Waals surface area contributed by atoms with Gasteiger partial charge in [-0.1, -0.05) is 25.3 Å². The molecule has 1 fully saturated rings. The topological polar surface area (TPSA) is 35.5 Å². The Hall–Kier alpha value is -1.51. The van der Waals surface area contributed by atoms with Gasteiger partial charge in [0.15, 0.2) is 17.3 Å². The van der Waals surface area contributed by atoms with Gasteiger partial charge in [-0.15, -0.1) is 0 Å². The van der Waals surface area contributed by atoms with Gasteiger partial charge in [-0.3, -0.25) is 4.79 Å². The molecular weight excluding hydrogens is 240 g/mol. The van der Waals surface area contributed by atoms with Gasteiger partial charge in [0.1, 0.15) is 6.61 Å². The van der Waals surface area contributed by atoms with Gasteiger partial charge in [0.05, 0.1) is 7.11 Å². The van der Waals surface area contributed by atoms with E-state index in [9.17, 15) is 4.79 Å². The van der Waals surface area contributed by atoms with Gasteiger partial charge in [-0.25, -0.2) is 0 Å². The van der Waals surface area contributed by atoms with Crippen molar-refractivity contribution in [2.75, 3.05) is 13.7 Å². The van der Waals surface area contributed by atoms with Crippen LogP contribution >= 0.6 is 0 Å². The molecule has 0 heterocycles. The lowest BCUT2D eigenvalue weighted by molar-refractivity contribution is -0.125. The van der Waals surface area contributed by atoms with Crippen LogP contribution in [-0.4, -0.2) is 19.5 Å². The molecule has 0 aliphatic heterocycles. The van der Waals surface area contributed by atoms with E-state index in [4.69, 9.17) is 9.47 Å². The molecule has 1 aliphatic rings. The molecular formula is C16H22O3. The van der Waals surface area contributed by atoms with E-state index in [1.165, 1.54) is 19.3 Å². The number of ether oxygens (including phenoxy) is 2. The molecule has 0 aromatic heterocycles. The zero-order chi connectivity index (χ0) is 13.7. The molecule has 1 aromatic rings. The molecule has 0 spiro atoms. The summed E-state index contributed by atoms with van der Waals surface area (Å²) in [6.07, 6.45) is 5.64. The molecule has 1 saturated carbocycles. The largest absolute Gasteiger partial charge is 0.493 e. The zero-order valence-corrected chi connectivity index (χ0v) is 11.8. The van der Waals surface area contributed by atoms with Gasteiger partial charge in [0, 0.05) is 5.92 Å². The van der Waals surface area contributed by atoms with E-state index >= 15 is 0 Å². The molecule has 1 aliphatic carbocycles. The van der Waals surface area contributed by atoms with E-state index in [0.717, 1.165) is 18.4 Å². The van der Waals surface area contributed by atoms with Crippen LogP contribution < -0.4 is 9.47 Å². The fourth-order valence-corrected chi connectivity index (χ4v) is 2.59. The first kappa shape index (κ1) is 13.9. The Labute approximate surface area is 114 Å². The number of carbonyl (C=O) groups is 1. The SMILES string of the molecule is COc1cc(C)ccc1OCC(=O)C1CCCCC1. The maximum Gasteiger partial charge on any atom is 0.173 e. The number of hydrogen-bond acceptors (Lipinski definition) is 3. The van der Waals surface area contributed by atoms with Crippen LogP contribution in [0.2, 0.25) is 0 Å². The predicted molar refractivity (Wildman–Crippen MR) is 74.8 cm³/mol. The van der Waals surface area contributed by atoms with E-state index in [2.05, 4.69) is 0 Å². The average Bonchev–Trinajstić information content (AvgIpc) is 2.46. The maximum absolute atomic E-state index is 12.1. The first-order valence-electron chi connectivity index (χ1n) is 7.01. The Kier molecular flexibility index (Phi) is 4.83. The van der Waals surface area contributed by atoms with Crippen molar-refractivity contribution in [1.29, 1.82) is 0 Å². The minimum atomic E-state index is 0.157. The molecule has 0 unspecified atom stereocenters. The summed E-state index contributed by atoms with van der Waals surface area (Å²) in [5, 5.41) is 0. The molecule has 0 amide bonds. The number of carbonyl (C=O) groups excluding carboxylic acids is 1. The third-order valence-electron chi connectivity index (χ3n) is 3.75. The van der Waals surface area contributed by atoms with Gasteiger partial charge >= 0.3 is 0 Å². The highest BCUT2D eigenvalue weighted by atomic mass is 16.5. The zero-order valence-electron chi connectivity index (χ0n) is 11.8. The van der Waals surface area contributed by atoms with E-state index < -0.39 is 0 Å². The Balaban J connectivity index is 1.92. The highest BCUT2D eigenvalue weighted by molar-refractivity contribution is 5.82. The highest BCUT2D eigenvalue weighted by Crippen LogP contribution is 2.29. The predicted octanol–water partition coefficient (Wildman–Crippen LogP) is 3.53. The number of ketones is 1. The fourth-order valence-electron chi connectivity index (χ4n) is 2.59. The van der Waals surface area contributed by atoms with Crippen molar-refractivity contribution in [2.24, 2.45) is 5.92 Å². The number of benzene rings is 1. The molecule has 0 radical (unpaired) electrons. The van der Waals surface area contributed by atoms with Gasteiger partial charge in [0.2, 0.25) is 0 Å². The van der Waals surface area contributed by atoms with Crippen LogP contribution in [0, 0.1) is 12.8 Å². The van der Waals surface area contributed by atoms with Crippen molar-refractivity contribution < 1.29 is 14.3 Å². The van der Waals surface area contributed by atoms with Gasteiger partial charge in [0.25, 0.3) is 0 Å². The van der Waals surface area contributed by atoms with Crippen LogP contribution in [0.4, 0.5) is 0 Å². The van der Waals surface area contributed by atoms with E-state index in [1.54, 1.807) is 7.11 Å². The van der Waals surface area contributed by atoms with Gasteiger partial charge in [-0.05, 0) is 37.5 Å². The minimum absolute atomic E-state index is 0.157. The molecule has 19 heavy (non-hydrogen) atoms. The first-order valence-corrected chi connectivity index (χ1v) is 7.01. The average molecular weight is 262 g/mol. The second kappa shape index (κ2) is 6.60. The van der Waals surface area contributed by atoms with E-state index in [1.807, 2.05) is 25.1 Å². The van der Waals surface area contributed by atoms with Crippen LogP contribution in [0.15, 0.2) is 18.2 Å². The summed E-state index contributed by atoms with van der Waals surface area (Å²) in [5.74, 6) is 1.77. The van der Waals surface area contributed by atoms with Crippen LogP contribution in [-0.2, 0) is 4.79 Å². The summed E-state index contributed by atoms with van der Waals surface area (Å²) >= 11 is 0.